The second kappa shape index (κ2) is 5.93. The maximum atomic E-state index is 5.89. The van der Waals surface area contributed by atoms with Crippen molar-refractivity contribution in [2.45, 2.75) is 37.6 Å². The summed E-state index contributed by atoms with van der Waals surface area (Å²) in [6, 6.07) is 6.85. The van der Waals surface area contributed by atoms with Gasteiger partial charge in [-0.25, -0.2) is 0 Å². The Bertz CT molecular complexity index is 445. The molecule has 98 valence electrons. The lowest BCUT2D eigenvalue weighted by Gasteiger charge is -2.14. The third kappa shape index (κ3) is 2.98. The number of thiocarbonyl (C=S) groups is 1. The first-order valence-electron chi connectivity index (χ1n) is 6.49. The van der Waals surface area contributed by atoms with Crippen molar-refractivity contribution in [1.82, 2.24) is 0 Å². The van der Waals surface area contributed by atoms with Gasteiger partial charge in [0.25, 0.3) is 0 Å². The molecule has 0 heterocycles. The summed E-state index contributed by atoms with van der Waals surface area (Å²) in [5.41, 5.74) is 8.00. The topological polar surface area (TPSA) is 38.0 Å². The molecule has 18 heavy (non-hydrogen) atoms. The average molecular weight is 280 g/mol. The molecular formula is C14H20N2S2. The van der Waals surface area contributed by atoms with Crippen LogP contribution in [0.3, 0.4) is 0 Å². The smallest absolute Gasteiger partial charge is 0.107 e. The number of hydrogen-bond donors (Lipinski definition) is 2. The van der Waals surface area contributed by atoms with Crippen molar-refractivity contribution in [2.75, 3.05) is 11.1 Å². The Morgan fingerprint density at radius 1 is 1.50 bits per heavy atom. The highest BCUT2D eigenvalue weighted by atomic mass is 32.2. The van der Waals surface area contributed by atoms with Gasteiger partial charge in [-0.3, -0.25) is 0 Å². The van der Waals surface area contributed by atoms with Crippen molar-refractivity contribution in [1.29, 1.82) is 0 Å². The lowest BCUT2D eigenvalue weighted by molar-refractivity contribution is 0.774. The van der Waals surface area contributed by atoms with Crippen LogP contribution in [-0.4, -0.2) is 16.8 Å². The normalized spacial score (nSPS) is 21.7. The minimum absolute atomic E-state index is 0.489. The number of nitrogens with one attached hydrogen (secondary N) is 1. The number of hydrogen-bond acceptors (Lipinski definition) is 3. The SMILES string of the molecule is CCSc1cccc(NC2CC2CC)c1C(N)=S. The molecule has 0 spiro atoms. The van der Waals surface area contributed by atoms with Crippen LogP contribution < -0.4 is 11.1 Å². The zero-order valence-electron chi connectivity index (χ0n) is 10.9. The molecule has 4 heteroatoms. The van der Waals surface area contributed by atoms with Crippen molar-refractivity contribution in [3.63, 3.8) is 0 Å². The largest absolute Gasteiger partial charge is 0.389 e. The van der Waals surface area contributed by atoms with Crippen molar-refractivity contribution in [2.24, 2.45) is 11.7 Å². The Hall–Kier alpha value is -0.740. The van der Waals surface area contributed by atoms with Crippen LogP contribution >= 0.6 is 24.0 Å². The van der Waals surface area contributed by atoms with Crippen LogP contribution in [-0.2, 0) is 0 Å². The summed E-state index contributed by atoms with van der Waals surface area (Å²) in [5.74, 6) is 1.84. The predicted octanol–water partition coefficient (Wildman–Crippen LogP) is 3.64. The molecule has 0 bridgehead atoms. The molecule has 2 rings (SSSR count). The number of rotatable bonds is 6. The zero-order chi connectivity index (χ0) is 13.1. The molecule has 1 saturated carbocycles. The molecular weight excluding hydrogens is 260 g/mol. The molecule has 0 aromatic heterocycles. The van der Waals surface area contributed by atoms with Crippen molar-refractivity contribution < 1.29 is 0 Å². The zero-order valence-corrected chi connectivity index (χ0v) is 12.5. The standard InChI is InChI=1S/C14H20N2S2/c1-3-9-8-11(9)16-10-6-5-7-12(18-4-2)13(10)14(15)17/h5-7,9,11,16H,3-4,8H2,1-2H3,(H2,15,17). The second-order valence-electron chi connectivity index (χ2n) is 4.63. The van der Waals surface area contributed by atoms with E-state index < -0.39 is 0 Å². The fourth-order valence-corrected chi connectivity index (χ4v) is 3.39. The molecule has 1 aliphatic carbocycles. The van der Waals surface area contributed by atoms with E-state index in [0.717, 1.165) is 22.9 Å². The van der Waals surface area contributed by atoms with Crippen LogP contribution in [0.2, 0.25) is 0 Å². The molecule has 1 fully saturated rings. The Labute approximate surface area is 119 Å². The number of anilines is 1. The first-order chi connectivity index (χ1) is 8.67. The molecule has 0 amide bonds. The summed E-state index contributed by atoms with van der Waals surface area (Å²) in [5, 5.41) is 3.58. The van der Waals surface area contributed by atoms with Gasteiger partial charge in [-0.1, -0.05) is 38.6 Å². The summed E-state index contributed by atoms with van der Waals surface area (Å²) in [6.45, 7) is 4.38. The van der Waals surface area contributed by atoms with E-state index in [1.54, 1.807) is 11.8 Å². The Morgan fingerprint density at radius 2 is 2.28 bits per heavy atom. The second-order valence-corrected chi connectivity index (χ2v) is 6.38. The molecule has 0 saturated heterocycles. The van der Waals surface area contributed by atoms with E-state index in [2.05, 4.69) is 37.4 Å². The van der Waals surface area contributed by atoms with Crippen LogP contribution in [0.25, 0.3) is 0 Å². The summed E-state index contributed by atoms with van der Waals surface area (Å²) in [7, 11) is 0. The summed E-state index contributed by atoms with van der Waals surface area (Å²) in [4.78, 5) is 1.67. The monoisotopic (exact) mass is 280 g/mol. The molecule has 1 aromatic carbocycles. The first-order valence-corrected chi connectivity index (χ1v) is 7.88. The van der Waals surface area contributed by atoms with E-state index in [0.29, 0.717) is 11.0 Å². The van der Waals surface area contributed by atoms with Gasteiger partial charge in [0.1, 0.15) is 4.99 Å². The highest BCUT2D eigenvalue weighted by Crippen LogP contribution is 2.38. The third-order valence-electron chi connectivity index (χ3n) is 3.36. The fourth-order valence-electron chi connectivity index (χ4n) is 2.26. The van der Waals surface area contributed by atoms with Crippen molar-refractivity contribution in [3.8, 4) is 0 Å². The molecule has 2 unspecified atom stereocenters. The first kappa shape index (κ1) is 13.7. The Morgan fingerprint density at radius 3 is 2.83 bits per heavy atom. The summed E-state index contributed by atoms with van der Waals surface area (Å²) < 4.78 is 0. The lowest BCUT2D eigenvalue weighted by atomic mass is 10.1. The van der Waals surface area contributed by atoms with Crippen LogP contribution in [0, 0.1) is 5.92 Å². The van der Waals surface area contributed by atoms with Gasteiger partial charge in [0.05, 0.1) is 0 Å². The summed E-state index contributed by atoms with van der Waals surface area (Å²) >= 11 is 7.00. The Kier molecular flexibility index (Phi) is 4.51. The van der Waals surface area contributed by atoms with E-state index in [4.69, 9.17) is 18.0 Å². The van der Waals surface area contributed by atoms with E-state index >= 15 is 0 Å². The van der Waals surface area contributed by atoms with Crippen LogP contribution in [0.5, 0.6) is 0 Å². The van der Waals surface area contributed by atoms with E-state index in [-0.39, 0.29) is 0 Å². The Balaban J connectivity index is 2.23. The minimum Gasteiger partial charge on any atom is -0.389 e. The maximum Gasteiger partial charge on any atom is 0.107 e. The number of thioether (sulfide) groups is 1. The molecule has 1 aliphatic rings. The van der Waals surface area contributed by atoms with Gasteiger partial charge in [-0.2, -0.15) is 0 Å². The van der Waals surface area contributed by atoms with E-state index in [1.165, 1.54) is 17.7 Å². The van der Waals surface area contributed by atoms with Gasteiger partial charge in [0.2, 0.25) is 0 Å². The molecule has 2 atom stereocenters. The number of nitrogens with two attached hydrogens (primary N) is 1. The third-order valence-corrected chi connectivity index (χ3v) is 4.50. The maximum absolute atomic E-state index is 5.89. The van der Waals surface area contributed by atoms with E-state index in [9.17, 15) is 0 Å². The van der Waals surface area contributed by atoms with Crippen molar-refractivity contribution in [3.05, 3.63) is 23.8 Å². The predicted molar refractivity (Wildman–Crippen MR) is 84.5 cm³/mol. The molecule has 1 aromatic rings. The van der Waals surface area contributed by atoms with Crippen LogP contribution in [0.4, 0.5) is 5.69 Å². The quantitative estimate of drug-likeness (QED) is 0.616. The highest BCUT2D eigenvalue weighted by molar-refractivity contribution is 7.99. The molecule has 0 radical (unpaired) electrons. The highest BCUT2D eigenvalue weighted by Gasteiger charge is 2.35. The van der Waals surface area contributed by atoms with Gasteiger partial charge in [0, 0.05) is 22.2 Å². The molecule has 3 N–H and O–H groups in total. The van der Waals surface area contributed by atoms with Gasteiger partial charge in [-0.15, -0.1) is 11.8 Å². The minimum atomic E-state index is 0.489. The van der Waals surface area contributed by atoms with Gasteiger partial charge in [-0.05, 0) is 30.2 Å². The summed E-state index contributed by atoms with van der Waals surface area (Å²) in [6.07, 6.45) is 2.50. The van der Waals surface area contributed by atoms with E-state index in [1.807, 2.05) is 0 Å². The van der Waals surface area contributed by atoms with Crippen LogP contribution in [0.1, 0.15) is 32.3 Å². The fraction of sp³-hybridized carbons (Fsp3) is 0.500. The lowest BCUT2D eigenvalue weighted by Crippen LogP contribution is -2.16. The van der Waals surface area contributed by atoms with Crippen molar-refractivity contribution >= 4 is 34.7 Å². The molecule has 0 aliphatic heterocycles. The van der Waals surface area contributed by atoms with Gasteiger partial charge in [0.15, 0.2) is 0 Å². The average Bonchev–Trinajstić information content (AvgIpc) is 3.08. The van der Waals surface area contributed by atoms with Crippen LogP contribution in [0.15, 0.2) is 23.1 Å². The van der Waals surface area contributed by atoms with Gasteiger partial charge >= 0.3 is 0 Å². The van der Waals surface area contributed by atoms with Gasteiger partial charge < -0.3 is 11.1 Å². The number of benzene rings is 1. The molecule has 2 nitrogen and oxygen atoms in total.